The van der Waals surface area contributed by atoms with E-state index in [-0.39, 0.29) is 18.4 Å². The molecule has 1 aromatic heterocycles. The highest BCUT2D eigenvalue weighted by atomic mass is 35.5. The molecule has 0 radical (unpaired) electrons. The van der Waals surface area contributed by atoms with Crippen LogP contribution < -0.4 is 0 Å². The van der Waals surface area contributed by atoms with Crippen molar-refractivity contribution in [3.8, 4) is 0 Å². The average Bonchev–Trinajstić information content (AvgIpc) is 2.96. The van der Waals surface area contributed by atoms with E-state index in [0.717, 1.165) is 11.3 Å². The van der Waals surface area contributed by atoms with Gasteiger partial charge in [-0.25, -0.2) is 0 Å². The van der Waals surface area contributed by atoms with Gasteiger partial charge < -0.3 is 9.80 Å². The molecule has 0 aliphatic carbocycles. The number of nitrogens with zero attached hydrogens (tertiary/aromatic N) is 4. The number of rotatable bonds is 4. The molecule has 0 spiro atoms. The smallest absolute Gasteiger partial charge is 0.245 e. The van der Waals surface area contributed by atoms with Crippen LogP contribution in [0.3, 0.4) is 0 Å². The second kappa shape index (κ2) is 6.65. The molecular weight excluding hydrogens is 328 g/mol. The molecule has 126 valence electrons. The van der Waals surface area contributed by atoms with Gasteiger partial charge in [0.1, 0.15) is 12.6 Å². The quantitative estimate of drug-likeness (QED) is 0.848. The number of piperazine rings is 1. The number of halogens is 1. The summed E-state index contributed by atoms with van der Waals surface area (Å²) in [7, 11) is 1.82. The molecule has 1 atom stereocenters. The monoisotopic (exact) mass is 346 g/mol. The molecule has 2 aromatic rings. The second-order valence-electron chi connectivity index (χ2n) is 5.93. The lowest BCUT2D eigenvalue weighted by molar-refractivity contribution is -0.156. The number of benzene rings is 1. The Labute approximate surface area is 145 Å². The predicted molar refractivity (Wildman–Crippen MR) is 90.1 cm³/mol. The standard InChI is InChI=1S/C17H19ClN4O2/c1-12-17(24)21(9-13-5-3-4-6-15(13)18)11-16(23)22(12)10-14-7-8-19-20(14)2/h3-8,12H,9-11H2,1-2H3/t12-/m0/s1. The van der Waals surface area contributed by atoms with Gasteiger partial charge in [0.2, 0.25) is 11.8 Å². The first kappa shape index (κ1) is 16.5. The first-order chi connectivity index (χ1) is 11.5. The molecule has 1 aromatic carbocycles. The number of hydrogen-bond donors (Lipinski definition) is 0. The minimum Gasteiger partial charge on any atom is -0.327 e. The van der Waals surface area contributed by atoms with Crippen LogP contribution >= 0.6 is 11.6 Å². The summed E-state index contributed by atoms with van der Waals surface area (Å²) < 4.78 is 1.71. The molecule has 2 amide bonds. The number of carbonyl (C=O) groups excluding carboxylic acids is 2. The first-order valence-electron chi connectivity index (χ1n) is 7.76. The molecule has 24 heavy (non-hydrogen) atoms. The summed E-state index contributed by atoms with van der Waals surface area (Å²) in [4.78, 5) is 28.4. The average molecular weight is 347 g/mol. The van der Waals surface area contributed by atoms with Crippen molar-refractivity contribution in [2.45, 2.75) is 26.1 Å². The lowest BCUT2D eigenvalue weighted by atomic mass is 10.1. The Morgan fingerprint density at radius 2 is 1.96 bits per heavy atom. The fraction of sp³-hybridized carbons (Fsp3) is 0.353. The molecule has 1 aliphatic rings. The van der Waals surface area contributed by atoms with E-state index in [1.165, 1.54) is 0 Å². The number of hydrogen-bond acceptors (Lipinski definition) is 3. The zero-order valence-electron chi connectivity index (χ0n) is 13.6. The Morgan fingerprint density at radius 1 is 1.21 bits per heavy atom. The molecule has 2 heterocycles. The number of carbonyl (C=O) groups is 2. The minimum absolute atomic E-state index is 0.0618. The molecule has 0 unspecified atom stereocenters. The molecule has 1 fully saturated rings. The third kappa shape index (κ3) is 3.14. The van der Waals surface area contributed by atoms with Gasteiger partial charge in [0.15, 0.2) is 0 Å². The van der Waals surface area contributed by atoms with Crippen molar-refractivity contribution in [2.75, 3.05) is 6.54 Å². The predicted octanol–water partition coefficient (Wildman–Crippen LogP) is 1.83. The van der Waals surface area contributed by atoms with E-state index in [9.17, 15) is 9.59 Å². The lowest BCUT2D eigenvalue weighted by Gasteiger charge is -2.38. The Morgan fingerprint density at radius 3 is 2.62 bits per heavy atom. The van der Waals surface area contributed by atoms with E-state index >= 15 is 0 Å². The van der Waals surface area contributed by atoms with Crippen LogP contribution in [-0.2, 0) is 29.7 Å². The Hall–Kier alpha value is -2.34. The van der Waals surface area contributed by atoms with Gasteiger partial charge in [-0.2, -0.15) is 5.10 Å². The Kier molecular flexibility index (Phi) is 4.57. The molecule has 1 aliphatic heterocycles. The van der Waals surface area contributed by atoms with Crippen LogP contribution in [0, 0.1) is 0 Å². The van der Waals surface area contributed by atoms with Gasteiger partial charge in [0, 0.05) is 24.8 Å². The van der Waals surface area contributed by atoms with Crippen LogP contribution in [0.5, 0.6) is 0 Å². The van der Waals surface area contributed by atoms with Crippen molar-refractivity contribution in [3.63, 3.8) is 0 Å². The largest absolute Gasteiger partial charge is 0.327 e. The highest BCUT2D eigenvalue weighted by molar-refractivity contribution is 6.31. The van der Waals surface area contributed by atoms with Crippen LogP contribution in [0.25, 0.3) is 0 Å². The maximum Gasteiger partial charge on any atom is 0.245 e. The molecule has 6 nitrogen and oxygen atoms in total. The van der Waals surface area contributed by atoms with Crippen LogP contribution in [0.15, 0.2) is 36.5 Å². The van der Waals surface area contributed by atoms with Crippen molar-refractivity contribution in [1.82, 2.24) is 19.6 Å². The normalized spacial score (nSPS) is 18.4. The summed E-state index contributed by atoms with van der Waals surface area (Å²) in [6.45, 7) is 2.54. The molecule has 7 heteroatoms. The number of amides is 2. The number of aromatic nitrogens is 2. The van der Waals surface area contributed by atoms with Gasteiger partial charge in [0.05, 0.1) is 12.2 Å². The van der Waals surface area contributed by atoms with Crippen LogP contribution in [-0.4, -0.2) is 44.0 Å². The summed E-state index contributed by atoms with van der Waals surface area (Å²) in [6.07, 6.45) is 1.68. The molecule has 0 bridgehead atoms. The molecule has 1 saturated heterocycles. The van der Waals surface area contributed by atoms with Crippen LogP contribution in [0.2, 0.25) is 5.02 Å². The minimum atomic E-state index is -0.511. The molecule has 3 rings (SSSR count). The van der Waals surface area contributed by atoms with Crippen molar-refractivity contribution >= 4 is 23.4 Å². The summed E-state index contributed by atoms with van der Waals surface area (Å²) in [5.74, 6) is -0.146. The van der Waals surface area contributed by atoms with Gasteiger partial charge in [-0.05, 0) is 24.6 Å². The van der Waals surface area contributed by atoms with Gasteiger partial charge >= 0.3 is 0 Å². The second-order valence-corrected chi connectivity index (χ2v) is 6.34. The maximum absolute atomic E-state index is 12.7. The van der Waals surface area contributed by atoms with Crippen molar-refractivity contribution in [1.29, 1.82) is 0 Å². The van der Waals surface area contributed by atoms with Crippen LogP contribution in [0.1, 0.15) is 18.2 Å². The van der Waals surface area contributed by atoms with Crippen molar-refractivity contribution in [3.05, 3.63) is 52.8 Å². The van der Waals surface area contributed by atoms with E-state index in [1.807, 2.05) is 31.3 Å². The number of aryl methyl sites for hydroxylation is 1. The Balaban J connectivity index is 1.75. The van der Waals surface area contributed by atoms with E-state index in [1.54, 1.807) is 33.7 Å². The van der Waals surface area contributed by atoms with Crippen LogP contribution in [0.4, 0.5) is 0 Å². The van der Waals surface area contributed by atoms with Crippen molar-refractivity contribution in [2.24, 2.45) is 7.05 Å². The summed E-state index contributed by atoms with van der Waals surface area (Å²) in [5.41, 5.74) is 1.73. The fourth-order valence-corrected chi connectivity index (χ4v) is 3.06. The van der Waals surface area contributed by atoms with Gasteiger partial charge in [-0.1, -0.05) is 29.8 Å². The van der Waals surface area contributed by atoms with E-state index in [0.29, 0.717) is 18.1 Å². The summed E-state index contributed by atoms with van der Waals surface area (Å²) in [5, 5.41) is 4.70. The van der Waals surface area contributed by atoms with Gasteiger partial charge in [-0.15, -0.1) is 0 Å². The topological polar surface area (TPSA) is 58.4 Å². The third-order valence-corrected chi connectivity index (χ3v) is 4.73. The zero-order chi connectivity index (χ0) is 17.3. The molecule has 0 N–H and O–H groups in total. The van der Waals surface area contributed by atoms with E-state index in [4.69, 9.17) is 11.6 Å². The maximum atomic E-state index is 12.7. The summed E-state index contributed by atoms with van der Waals surface area (Å²) >= 11 is 6.16. The highest BCUT2D eigenvalue weighted by Gasteiger charge is 2.36. The van der Waals surface area contributed by atoms with E-state index in [2.05, 4.69) is 5.10 Å². The molecular formula is C17H19ClN4O2. The van der Waals surface area contributed by atoms with Gasteiger partial charge in [-0.3, -0.25) is 14.3 Å². The first-order valence-corrected chi connectivity index (χ1v) is 8.13. The van der Waals surface area contributed by atoms with Crippen molar-refractivity contribution < 1.29 is 9.59 Å². The SMILES string of the molecule is C[C@H]1C(=O)N(Cc2ccccc2Cl)CC(=O)N1Cc1ccnn1C. The van der Waals surface area contributed by atoms with Gasteiger partial charge in [0.25, 0.3) is 0 Å². The zero-order valence-corrected chi connectivity index (χ0v) is 14.4. The summed E-state index contributed by atoms with van der Waals surface area (Å²) in [6, 6.07) is 8.70. The Bertz CT molecular complexity index is 773. The highest BCUT2D eigenvalue weighted by Crippen LogP contribution is 2.21. The van der Waals surface area contributed by atoms with E-state index < -0.39 is 6.04 Å². The third-order valence-electron chi connectivity index (χ3n) is 4.36. The molecule has 0 saturated carbocycles. The lowest BCUT2D eigenvalue weighted by Crippen LogP contribution is -2.58. The fourth-order valence-electron chi connectivity index (χ4n) is 2.87.